The Labute approximate surface area is 192 Å². The molecule has 0 aliphatic heterocycles. The number of fused-ring (bicyclic) bond motifs is 1. The number of methoxy groups -OCH3 is 1. The number of nitrogens with one attached hydrogen (secondary N) is 1. The van der Waals surface area contributed by atoms with Gasteiger partial charge in [-0.05, 0) is 37.3 Å². The molecule has 33 heavy (non-hydrogen) atoms. The molecule has 4 rings (SSSR count). The summed E-state index contributed by atoms with van der Waals surface area (Å²) in [5.74, 6) is 1.43. The highest BCUT2D eigenvalue weighted by atomic mass is 16.5. The number of benzene rings is 2. The Morgan fingerprint density at radius 1 is 1.06 bits per heavy atom. The summed E-state index contributed by atoms with van der Waals surface area (Å²) < 4.78 is 18.4. The van der Waals surface area contributed by atoms with Crippen molar-refractivity contribution in [2.24, 2.45) is 0 Å². The average Bonchev–Trinajstić information content (AvgIpc) is 3.24. The first kappa shape index (κ1) is 22.1. The quantitative estimate of drug-likeness (QED) is 0.371. The summed E-state index contributed by atoms with van der Waals surface area (Å²) in [5, 5.41) is 2.68. The van der Waals surface area contributed by atoms with Crippen molar-refractivity contribution in [1.82, 2.24) is 14.5 Å². The molecule has 0 spiro atoms. The Kier molecular flexibility index (Phi) is 7.04. The maximum absolute atomic E-state index is 12.0. The third-order valence-electron chi connectivity index (χ3n) is 5.20. The molecule has 0 fully saturated rings. The number of rotatable bonds is 9. The lowest BCUT2D eigenvalue weighted by molar-refractivity contribution is 0.151. The van der Waals surface area contributed by atoms with Gasteiger partial charge in [0.15, 0.2) is 0 Å². The molecule has 1 amide bonds. The monoisotopic (exact) mass is 446 g/mol. The summed E-state index contributed by atoms with van der Waals surface area (Å²) >= 11 is 0. The van der Waals surface area contributed by atoms with Crippen molar-refractivity contribution in [2.45, 2.75) is 19.9 Å². The predicted octanol–water partition coefficient (Wildman–Crippen LogP) is 4.81. The van der Waals surface area contributed by atoms with E-state index in [2.05, 4.69) is 19.9 Å². The number of hydrogen-bond acceptors (Lipinski definition) is 6. The molecule has 0 saturated heterocycles. The van der Waals surface area contributed by atoms with Gasteiger partial charge in [-0.2, -0.15) is 0 Å². The normalized spacial score (nSPS) is 10.7. The van der Waals surface area contributed by atoms with Gasteiger partial charge in [0.1, 0.15) is 11.5 Å². The number of imidazole rings is 1. The van der Waals surface area contributed by atoms with E-state index in [-0.39, 0.29) is 6.61 Å². The summed E-state index contributed by atoms with van der Waals surface area (Å²) in [6.45, 7) is 3.27. The largest absolute Gasteiger partial charge is 0.497 e. The second-order valence-electron chi connectivity index (χ2n) is 7.44. The van der Waals surface area contributed by atoms with Crippen molar-refractivity contribution >= 4 is 22.8 Å². The number of para-hydroxylation sites is 2. The van der Waals surface area contributed by atoms with Gasteiger partial charge in [-0.15, -0.1) is 0 Å². The lowest BCUT2D eigenvalue weighted by Gasteiger charge is -2.13. The molecule has 8 nitrogen and oxygen atoms in total. The molecule has 0 unspecified atom stereocenters. The van der Waals surface area contributed by atoms with Crippen LogP contribution in [-0.4, -0.2) is 41.0 Å². The highest BCUT2D eigenvalue weighted by Crippen LogP contribution is 2.22. The van der Waals surface area contributed by atoms with Crippen molar-refractivity contribution in [3.63, 3.8) is 0 Å². The number of pyridine rings is 1. The number of aromatic nitrogens is 3. The van der Waals surface area contributed by atoms with Crippen LogP contribution in [0.25, 0.3) is 11.0 Å². The fraction of sp³-hybridized carbons (Fsp3) is 0.240. The van der Waals surface area contributed by atoms with Crippen LogP contribution in [0.3, 0.4) is 0 Å². The van der Waals surface area contributed by atoms with Gasteiger partial charge in [0.2, 0.25) is 0 Å². The predicted molar refractivity (Wildman–Crippen MR) is 126 cm³/mol. The van der Waals surface area contributed by atoms with Crippen LogP contribution in [0.15, 0.2) is 67.1 Å². The van der Waals surface area contributed by atoms with Crippen molar-refractivity contribution in [2.75, 3.05) is 25.6 Å². The number of carbonyl (C=O) groups is 1. The van der Waals surface area contributed by atoms with Crippen LogP contribution in [0.5, 0.6) is 11.5 Å². The van der Waals surface area contributed by atoms with E-state index >= 15 is 0 Å². The first-order valence-corrected chi connectivity index (χ1v) is 10.7. The zero-order chi connectivity index (χ0) is 23.0. The van der Waals surface area contributed by atoms with Crippen molar-refractivity contribution in [1.29, 1.82) is 0 Å². The van der Waals surface area contributed by atoms with E-state index in [0.29, 0.717) is 31.0 Å². The van der Waals surface area contributed by atoms with E-state index in [1.807, 2.05) is 43.6 Å². The van der Waals surface area contributed by atoms with Gasteiger partial charge in [-0.3, -0.25) is 10.3 Å². The Hall–Kier alpha value is -4.07. The third kappa shape index (κ3) is 5.60. The number of hydrogen-bond donors (Lipinski definition) is 1. The molecule has 0 bridgehead atoms. The summed E-state index contributed by atoms with van der Waals surface area (Å²) in [6, 6.07) is 16.9. The fourth-order valence-electron chi connectivity index (χ4n) is 3.43. The molecular weight excluding hydrogens is 420 g/mol. The summed E-state index contributed by atoms with van der Waals surface area (Å²) in [5.41, 5.74) is 4.53. The molecule has 4 aromatic rings. The zero-order valence-electron chi connectivity index (χ0n) is 18.7. The van der Waals surface area contributed by atoms with Gasteiger partial charge in [-0.25, -0.2) is 9.78 Å². The average molecular weight is 447 g/mol. The van der Waals surface area contributed by atoms with E-state index < -0.39 is 6.09 Å². The molecule has 1 N–H and O–H groups in total. The van der Waals surface area contributed by atoms with Crippen molar-refractivity contribution in [3.05, 3.63) is 78.4 Å². The van der Waals surface area contributed by atoms with Gasteiger partial charge in [0.25, 0.3) is 0 Å². The van der Waals surface area contributed by atoms with Gasteiger partial charge < -0.3 is 18.8 Å². The highest BCUT2D eigenvalue weighted by molar-refractivity contribution is 5.84. The lowest BCUT2D eigenvalue weighted by atomic mass is 10.2. The molecule has 2 heterocycles. The van der Waals surface area contributed by atoms with Crippen molar-refractivity contribution in [3.8, 4) is 11.5 Å². The molecule has 0 saturated carbocycles. The van der Waals surface area contributed by atoms with E-state index in [1.165, 1.54) is 0 Å². The number of carbonyl (C=O) groups excluding carboxylic acids is 1. The molecule has 2 aromatic carbocycles. The molecule has 0 atom stereocenters. The van der Waals surface area contributed by atoms with Crippen LogP contribution >= 0.6 is 0 Å². The Morgan fingerprint density at radius 2 is 1.94 bits per heavy atom. The zero-order valence-corrected chi connectivity index (χ0v) is 18.7. The second-order valence-corrected chi connectivity index (χ2v) is 7.44. The molecule has 2 aromatic heterocycles. The number of nitrogens with zero attached hydrogens (tertiary/aromatic N) is 3. The molecule has 0 aliphatic rings. The van der Waals surface area contributed by atoms with Gasteiger partial charge in [0.05, 0.1) is 49.9 Å². The maximum Gasteiger partial charge on any atom is 0.411 e. The Morgan fingerprint density at radius 3 is 2.82 bits per heavy atom. The second kappa shape index (κ2) is 10.5. The minimum absolute atomic E-state index is 0.244. The standard InChI is InChI=1S/C25H26N4O4/c1-18-22(16-29-17-27-21-9-3-4-10-23(21)29)26-12-11-24(18)32-13-6-14-33-25(30)28-19-7-5-8-20(15-19)31-2/h3-5,7-12,15,17H,6,13-14,16H2,1-2H3,(H,28,30). The molecular formula is C25H26N4O4. The molecule has 0 radical (unpaired) electrons. The highest BCUT2D eigenvalue weighted by Gasteiger charge is 2.10. The van der Waals surface area contributed by atoms with Gasteiger partial charge >= 0.3 is 6.09 Å². The van der Waals surface area contributed by atoms with Crippen LogP contribution in [0, 0.1) is 6.92 Å². The SMILES string of the molecule is COc1cccc(NC(=O)OCCCOc2ccnc(Cn3cnc4ccccc43)c2C)c1. The number of anilines is 1. The van der Waals surface area contributed by atoms with Gasteiger partial charge in [0, 0.05) is 29.9 Å². The Bertz CT molecular complexity index is 1240. The topological polar surface area (TPSA) is 87.5 Å². The minimum Gasteiger partial charge on any atom is -0.497 e. The fourth-order valence-corrected chi connectivity index (χ4v) is 3.43. The summed E-state index contributed by atoms with van der Waals surface area (Å²) in [7, 11) is 1.57. The van der Waals surface area contributed by atoms with Crippen LogP contribution in [-0.2, 0) is 11.3 Å². The van der Waals surface area contributed by atoms with Crippen LogP contribution in [0.1, 0.15) is 17.7 Å². The first-order chi connectivity index (χ1) is 16.1. The van der Waals surface area contributed by atoms with Crippen LogP contribution in [0.4, 0.5) is 10.5 Å². The van der Waals surface area contributed by atoms with Crippen molar-refractivity contribution < 1.29 is 19.0 Å². The van der Waals surface area contributed by atoms with Crippen LogP contribution in [0.2, 0.25) is 0 Å². The van der Waals surface area contributed by atoms with E-state index in [0.717, 1.165) is 28.0 Å². The molecule has 170 valence electrons. The smallest absolute Gasteiger partial charge is 0.411 e. The summed E-state index contributed by atoms with van der Waals surface area (Å²) in [4.78, 5) is 20.9. The third-order valence-corrected chi connectivity index (χ3v) is 5.20. The first-order valence-electron chi connectivity index (χ1n) is 10.7. The number of amides is 1. The molecule has 8 heteroatoms. The van der Waals surface area contributed by atoms with E-state index in [4.69, 9.17) is 14.2 Å². The molecule has 0 aliphatic carbocycles. The minimum atomic E-state index is -0.516. The lowest BCUT2D eigenvalue weighted by Crippen LogP contribution is -2.15. The van der Waals surface area contributed by atoms with E-state index in [9.17, 15) is 4.79 Å². The summed E-state index contributed by atoms with van der Waals surface area (Å²) in [6.07, 6.45) is 3.62. The number of ether oxygens (including phenoxy) is 3. The Balaban J connectivity index is 1.25. The maximum atomic E-state index is 12.0. The van der Waals surface area contributed by atoms with E-state index in [1.54, 1.807) is 37.6 Å². The van der Waals surface area contributed by atoms with Crippen LogP contribution < -0.4 is 14.8 Å². The van der Waals surface area contributed by atoms with Gasteiger partial charge in [-0.1, -0.05) is 18.2 Å².